The quantitative estimate of drug-likeness (QED) is 0.457. The van der Waals surface area contributed by atoms with Crippen molar-refractivity contribution in [2.75, 3.05) is 0 Å². The molecule has 0 heterocycles. The summed E-state index contributed by atoms with van der Waals surface area (Å²) in [5, 5.41) is 19.3. The summed E-state index contributed by atoms with van der Waals surface area (Å²) in [6.45, 7) is 8.68. The zero-order valence-electron chi connectivity index (χ0n) is 15.1. The summed E-state index contributed by atoms with van der Waals surface area (Å²) < 4.78 is 0. The van der Waals surface area contributed by atoms with Gasteiger partial charge in [-0.1, -0.05) is 48.5 Å². The van der Waals surface area contributed by atoms with Gasteiger partial charge in [-0.15, -0.1) is 0 Å². The standard InChI is InChI=1S/C21H30O3/c1-5-13(2)20-15(4)12-17-18(22)11-10-14(3)21(17)16(20)8-6-7-9-19(23)24/h5-9,12,14,16-18,20-22H,10-11H2,1-4H3,(H,23,24). The smallest absolute Gasteiger partial charge is 0.328 e. The van der Waals surface area contributed by atoms with E-state index in [1.165, 1.54) is 11.1 Å². The Morgan fingerprint density at radius 3 is 2.62 bits per heavy atom. The van der Waals surface area contributed by atoms with Crippen LogP contribution in [0.1, 0.15) is 40.5 Å². The zero-order valence-corrected chi connectivity index (χ0v) is 15.1. The van der Waals surface area contributed by atoms with Gasteiger partial charge in [-0.3, -0.25) is 0 Å². The Hall–Kier alpha value is -1.61. The van der Waals surface area contributed by atoms with E-state index in [0.29, 0.717) is 23.7 Å². The van der Waals surface area contributed by atoms with Crippen molar-refractivity contribution in [1.29, 1.82) is 0 Å². The highest BCUT2D eigenvalue weighted by molar-refractivity contribution is 5.80. The third-order valence-electron chi connectivity index (χ3n) is 5.87. The third-order valence-corrected chi connectivity index (χ3v) is 5.87. The topological polar surface area (TPSA) is 57.5 Å². The van der Waals surface area contributed by atoms with Gasteiger partial charge in [0.25, 0.3) is 0 Å². The molecule has 3 heteroatoms. The van der Waals surface area contributed by atoms with Gasteiger partial charge in [-0.25, -0.2) is 4.79 Å². The van der Waals surface area contributed by atoms with Crippen LogP contribution >= 0.6 is 0 Å². The number of aliphatic hydroxyl groups is 1. The van der Waals surface area contributed by atoms with E-state index in [4.69, 9.17) is 5.11 Å². The minimum atomic E-state index is -0.931. The van der Waals surface area contributed by atoms with Crippen LogP contribution in [0, 0.1) is 29.6 Å². The number of allylic oxidation sites excluding steroid dienone is 6. The maximum atomic E-state index is 10.7. The Morgan fingerprint density at radius 1 is 1.29 bits per heavy atom. The molecule has 0 aromatic heterocycles. The van der Waals surface area contributed by atoms with E-state index in [2.05, 4.69) is 45.9 Å². The second-order valence-electron chi connectivity index (χ2n) is 7.36. The summed E-state index contributed by atoms with van der Waals surface area (Å²) in [7, 11) is 0. The minimum absolute atomic E-state index is 0.202. The molecule has 6 unspecified atom stereocenters. The first-order chi connectivity index (χ1) is 11.4. The summed E-state index contributed by atoms with van der Waals surface area (Å²) in [4.78, 5) is 10.7. The molecule has 2 aliphatic carbocycles. The summed E-state index contributed by atoms with van der Waals surface area (Å²) >= 11 is 0. The number of hydrogen-bond donors (Lipinski definition) is 2. The highest BCUT2D eigenvalue weighted by atomic mass is 16.4. The van der Waals surface area contributed by atoms with Crippen LogP contribution < -0.4 is 0 Å². The fourth-order valence-corrected chi connectivity index (χ4v) is 4.66. The van der Waals surface area contributed by atoms with Crippen molar-refractivity contribution in [3.8, 4) is 0 Å². The van der Waals surface area contributed by atoms with Gasteiger partial charge in [-0.05, 0) is 51.4 Å². The Labute approximate surface area is 145 Å². The van der Waals surface area contributed by atoms with Crippen LogP contribution in [0.5, 0.6) is 0 Å². The second kappa shape index (κ2) is 7.98. The zero-order chi connectivity index (χ0) is 17.9. The van der Waals surface area contributed by atoms with E-state index in [0.717, 1.165) is 18.9 Å². The molecule has 0 amide bonds. The molecule has 0 aliphatic heterocycles. The maximum absolute atomic E-state index is 10.7. The van der Waals surface area contributed by atoms with Crippen LogP contribution in [0.15, 0.2) is 47.6 Å². The van der Waals surface area contributed by atoms with Gasteiger partial charge in [0.05, 0.1) is 6.10 Å². The Bertz CT molecular complexity index is 582. The average Bonchev–Trinajstić information content (AvgIpc) is 2.53. The number of aliphatic carboxylic acids is 1. The van der Waals surface area contributed by atoms with Crippen LogP contribution in [-0.4, -0.2) is 22.3 Å². The lowest BCUT2D eigenvalue weighted by molar-refractivity contribution is -0.131. The molecule has 0 saturated heterocycles. The maximum Gasteiger partial charge on any atom is 0.328 e. The lowest BCUT2D eigenvalue weighted by Gasteiger charge is -2.48. The number of carboxylic acids is 1. The molecule has 2 rings (SSSR count). The van der Waals surface area contributed by atoms with Gasteiger partial charge in [0.15, 0.2) is 0 Å². The summed E-state index contributed by atoms with van der Waals surface area (Å²) in [6, 6.07) is 0. The first-order valence-corrected chi connectivity index (χ1v) is 8.93. The van der Waals surface area contributed by atoms with E-state index in [1.54, 1.807) is 6.08 Å². The van der Waals surface area contributed by atoms with Crippen molar-refractivity contribution < 1.29 is 15.0 Å². The van der Waals surface area contributed by atoms with Crippen molar-refractivity contribution >= 4 is 5.97 Å². The molecule has 1 saturated carbocycles. The number of rotatable bonds is 4. The van der Waals surface area contributed by atoms with Gasteiger partial charge in [-0.2, -0.15) is 0 Å². The molecule has 1 fully saturated rings. The first kappa shape index (κ1) is 18.7. The predicted octanol–water partition coefficient (Wildman–Crippen LogP) is 4.37. The van der Waals surface area contributed by atoms with Gasteiger partial charge < -0.3 is 10.2 Å². The summed E-state index contributed by atoms with van der Waals surface area (Å²) in [6.07, 6.45) is 12.9. The SMILES string of the molecule is CC=C(C)C1C(C)=CC2C(O)CCC(C)C2C1C=CC=CC(=O)O. The third kappa shape index (κ3) is 3.89. The first-order valence-electron chi connectivity index (χ1n) is 8.93. The van der Waals surface area contributed by atoms with Gasteiger partial charge in [0.2, 0.25) is 0 Å². The van der Waals surface area contributed by atoms with Crippen LogP contribution in [0.4, 0.5) is 0 Å². The van der Waals surface area contributed by atoms with Crippen LogP contribution in [0.25, 0.3) is 0 Å². The molecule has 2 aliphatic rings. The number of aliphatic hydroxyl groups excluding tert-OH is 1. The van der Waals surface area contributed by atoms with Crippen molar-refractivity contribution in [2.45, 2.75) is 46.6 Å². The monoisotopic (exact) mass is 330 g/mol. The van der Waals surface area contributed by atoms with E-state index >= 15 is 0 Å². The molecule has 0 bridgehead atoms. The molecule has 0 aromatic carbocycles. The molecular weight excluding hydrogens is 300 g/mol. The van der Waals surface area contributed by atoms with Crippen molar-refractivity contribution in [3.05, 3.63) is 47.6 Å². The number of carbonyl (C=O) groups is 1. The Morgan fingerprint density at radius 2 is 2.00 bits per heavy atom. The fraction of sp³-hybridized carbons (Fsp3) is 0.571. The van der Waals surface area contributed by atoms with Gasteiger partial charge in [0.1, 0.15) is 0 Å². The molecule has 0 spiro atoms. The fourth-order valence-electron chi connectivity index (χ4n) is 4.66. The van der Waals surface area contributed by atoms with E-state index in [-0.39, 0.29) is 12.0 Å². The van der Waals surface area contributed by atoms with Crippen LogP contribution in [-0.2, 0) is 4.79 Å². The normalized spacial score (nSPS) is 37.5. The lowest BCUT2D eigenvalue weighted by atomic mass is 9.57. The molecule has 24 heavy (non-hydrogen) atoms. The number of hydrogen-bond acceptors (Lipinski definition) is 2. The van der Waals surface area contributed by atoms with Crippen molar-refractivity contribution in [2.24, 2.45) is 29.6 Å². The van der Waals surface area contributed by atoms with Gasteiger partial charge >= 0.3 is 5.97 Å². The Balaban J connectivity index is 2.42. The lowest BCUT2D eigenvalue weighted by Crippen LogP contribution is -2.45. The number of fused-ring (bicyclic) bond motifs is 1. The average molecular weight is 330 g/mol. The van der Waals surface area contributed by atoms with Crippen molar-refractivity contribution in [3.63, 3.8) is 0 Å². The van der Waals surface area contributed by atoms with Gasteiger partial charge in [0, 0.05) is 17.9 Å². The van der Waals surface area contributed by atoms with E-state index < -0.39 is 5.97 Å². The minimum Gasteiger partial charge on any atom is -0.478 e. The second-order valence-corrected chi connectivity index (χ2v) is 7.36. The summed E-state index contributed by atoms with van der Waals surface area (Å²) in [5.74, 6) is 0.838. The predicted molar refractivity (Wildman–Crippen MR) is 97.5 cm³/mol. The largest absolute Gasteiger partial charge is 0.478 e. The molecule has 0 radical (unpaired) electrons. The molecule has 6 atom stereocenters. The van der Waals surface area contributed by atoms with Crippen molar-refractivity contribution in [1.82, 2.24) is 0 Å². The number of carboxylic acid groups (broad SMARTS) is 1. The van der Waals surface area contributed by atoms with Crippen LogP contribution in [0.2, 0.25) is 0 Å². The van der Waals surface area contributed by atoms with Crippen LogP contribution in [0.3, 0.4) is 0 Å². The molecular formula is C21H30O3. The molecule has 2 N–H and O–H groups in total. The van der Waals surface area contributed by atoms with E-state index in [9.17, 15) is 9.90 Å². The summed E-state index contributed by atoms with van der Waals surface area (Å²) in [5.41, 5.74) is 2.66. The highest BCUT2D eigenvalue weighted by Gasteiger charge is 2.45. The van der Waals surface area contributed by atoms with E-state index in [1.807, 2.05) is 6.08 Å². The highest BCUT2D eigenvalue weighted by Crippen LogP contribution is 2.50. The Kier molecular flexibility index (Phi) is 6.22. The molecule has 132 valence electrons. The molecule has 0 aromatic rings. The molecule has 3 nitrogen and oxygen atoms in total.